The first-order chi connectivity index (χ1) is 12.7. The molecule has 26 heavy (non-hydrogen) atoms. The summed E-state index contributed by atoms with van der Waals surface area (Å²) in [7, 11) is 0. The minimum atomic E-state index is 0.147. The van der Waals surface area contributed by atoms with Gasteiger partial charge in [0.15, 0.2) is 0 Å². The normalized spacial score (nSPS) is 15.8. The third kappa shape index (κ3) is 5.09. The van der Waals surface area contributed by atoms with Crippen LogP contribution in [0.25, 0.3) is 0 Å². The summed E-state index contributed by atoms with van der Waals surface area (Å²) < 4.78 is 0. The van der Waals surface area contributed by atoms with Gasteiger partial charge in [-0.3, -0.25) is 9.69 Å². The first-order valence-electron chi connectivity index (χ1n) is 9.45. The number of rotatable bonds is 6. The van der Waals surface area contributed by atoms with Crippen molar-refractivity contribution >= 4 is 17.5 Å². The molecule has 0 N–H and O–H groups in total. The fourth-order valence-corrected chi connectivity index (χ4v) is 3.85. The number of carbonyl (C=O) groups excluding carboxylic acids is 1. The molecule has 3 rings (SSSR count). The summed E-state index contributed by atoms with van der Waals surface area (Å²) in [5.74, 6) is 0.452. The lowest BCUT2D eigenvalue weighted by Gasteiger charge is -2.34. The number of halogens is 1. The van der Waals surface area contributed by atoms with Crippen LogP contribution in [0.2, 0.25) is 5.02 Å². The summed E-state index contributed by atoms with van der Waals surface area (Å²) in [6.07, 6.45) is 1.87. The van der Waals surface area contributed by atoms with E-state index in [0.29, 0.717) is 12.5 Å². The number of hydrogen-bond acceptors (Lipinski definition) is 2. The molecule has 2 aromatic rings. The van der Waals surface area contributed by atoms with E-state index in [-0.39, 0.29) is 5.92 Å². The third-order valence-electron chi connectivity index (χ3n) is 5.14. The minimum absolute atomic E-state index is 0.147. The number of benzene rings is 2. The maximum Gasteiger partial charge on any atom is 0.226 e. The molecule has 1 fully saturated rings. The zero-order chi connectivity index (χ0) is 18.4. The van der Waals surface area contributed by atoms with Gasteiger partial charge in [0.2, 0.25) is 5.91 Å². The lowest BCUT2D eigenvalue weighted by molar-refractivity contribution is -0.137. The molecule has 0 bridgehead atoms. The van der Waals surface area contributed by atoms with Crippen LogP contribution < -0.4 is 0 Å². The van der Waals surface area contributed by atoms with Gasteiger partial charge in [0.1, 0.15) is 0 Å². The van der Waals surface area contributed by atoms with E-state index >= 15 is 0 Å². The predicted octanol–water partition coefficient (Wildman–Crippen LogP) is 4.60. The highest BCUT2D eigenvalue weighted by Gasteiger charge is 2.28. The van der Waals surface area contributed by atoms with E-state index in [2.05, 4.69) is 30.0 Å². The Morgan fingerprint density at radius 1 is 1.08 bits per heavy atom. The Bertz CT molecular complexity index is 711. The summed E-state index contributed by atoms with van der Waals surface area (Å²) in [6, 6.07) is 18.3. The molecule has 2 aromatic carbocycles. The molecule has 138 valence electrons. The van der Waals surface area contributed by atoms with E-state index < -0.39 is 0 Å². The molecule has 3 nitrogen and oxygen atoms in total. The Labute approximate surface area is 161 Å². The summed E-state index contributed by atoms with van der Waals surface area (Å²) in [5.41, 5.74) is 2.43. The van der Waals surface area contributed by atoms with Crippen molar-refractivity contribution in [3.8, 4) is 0 Å². The lowest BCUT2D eigenvalue weighted by Crippen LogP contribution is -2.42. The van der Waals surface area contributed by atoms with E-state index in [9.17, 15) is 4.79 Å². The van der Waals surface area contributed by atoms with E-state index in [1.54, 1.807) is 0 Å². The fraction of sp³-hybridized carbons (Fsp3) is 0.409. The molecule has 0 aromatic heterocycles. The zero-order valence-electron chi connectivity index (χ0n) is 15.4. The molecule has 0 atom stereocenters. The monoisotopic (exact) mass is 370 g/mol. The summed E-state index contributed by atoms with van der Waals surface area (Å²) in [6.45, 7) is 6.37. The molecule has 0 aliphatic carbocycles. The molecule has 1 saturated heterocycles. The molecule has 1 heterocycles. The Morgan fingerprint density at radius 3 is 2.42 bits per heavy atom. The molecule has 1 amide bonds. The second kappa shape index (κ2) is 9.20. The molecule has 4 heteroatoms. The van der Waals surface area contributed by atoms with Crippen LogP contribution in [0.3, 0.4) is 0 Å². The number of amides is 1. The van der Waals surface area contributed by atoms with Crippen LogP contribution >= 0.6 is 11.6 Å². The molecular formula is C22H27ClN2O. The molecule has 0 radical (unpaired) electrons. The van der Waals surface area contributed by atoms with Crippen molar-refractivity contribution in [3.05, 3.63) is 70.7 Å². The van der Waals surface area contributed by atoms with Crippen LogP contribution in [-0.4, -0.2) is 35.3 Å². The van der Waals surface area contributed by atoms with Gasteiger partial charge >= 0.3 is 0 Å². The summed E-state index contributed by atoms with van der Waals surface area (Å²) in [4.78, 5) is 17.3. The molecule has 0 unspecified atom stereocenters. The van der Waals surface area contributed by atoms with Gasteiger partial charge in [-0.1, -0.05) is 54.1 Å². The largest absolute Gasteiger partial charge is 0.338 e. The first kappa shape index (κ1) is 18.9. The van der Waals surface area contributed by atoms with Crippen LogP contribution in [0, 0.1) is 5.92 Å². The maximum atomic E-state index is 12.9. The van der Waals surface area contributed by atoms with Gasteiger partial charge in [-0.2, -0.15) is 0 Å². The van der Waals surface area contributed by atoms with Gasteiger partial charge in [0.25, 0.3) is 0 Å². The van der Waals surface area contributed by atoms with Gasteiger partial charge in [0, 0.05) is 30.6 Å². The van der Waals surface area contributed by atoms with Gasteiger partial charge in [0.05, 0.1) is 0 Å². The molecular weight excluding hydrogens is 344 g/mol. The quantitative estimate of drug-likeness (QED) is 0.741. The van der Waals surface area contributed by atoms with Gasteiger partial charge < -0.3 is 4.90 Å². The van der Waals surface area contributed by atoms with Gasteiger partial charge in [-0.25, -0.2) is 0 Å². The van der Waals surface area contributed by atoms with Crippen molar-refractivity contribution < 1.29 is 4.79 Å². The smallest absolute Gasteiger partial charge is 0.226 e. The van der Waals surface area contributed by atoms with Gasteiger partial charge in [-0.05, 0) is 56.1 Å². The molecule has 0 saturated carbocycles. The van der Waals surface area contributed by atoms with E-state index in [4.69, 9.17) is 11.6 Å². The van der Waals surface area contributed by atoms with Crippen LogP contribution in [0.15, 0.2) is 54.6 Å². The van der Waals surface area contributed by atoms with Crippen molar-refractivity contribution in [1.29, 1.82) is 0 Å². The van der Waals surface area contributed by atoms with Crippen LogP contribution in [-0.2, 0) is 17.9 Å². The van der Waals surface area contributed by atoms with Crippen molar-refractivity contribution in [2.45, 2.75) is 32.9 Å². The number of hydrogen-bond donors (Lipinski definition) is 0. The number of carbonyl (C=O) groups is 1. The van der Waals surface area contributed by atoms with E-state index in [0.717, 1.165) is 44.0 Å². The van der Waals surface area contributed by atoms with E-state index in [1.165, 1.54) is 11.1 Å². The van der Waals surface area contributed by atoms with Crippen molar-refractivity contribution in [2.24, 2.45) is 5.92 Å². The Hall–Kier alpha value is -1.84. The van der Waals surface area contributed by atoms with Crippen LogP contribution in [0.4, 0.5) is 0 Å². The van der Waals surface area contributed by atoms with Crippen molar-refractivity contribution in [2.75, 3.05) is 19.6 Å². The van der Waals surface area contributed by atoms with Crippen LogP contribution in [0.5, 0.6) is 0 Å². The van der Waals surface area contributed by atoms with Crippen LogP contribution in [0.1, 0.15) is 30.9 Å². The van der Waals surface area contributed by atoms with E-state index in [1.807, 2.05) is 41.3 Å². The second-order valence-electron chi connectivity index (χ2n) is 7.02. The predicted molar refractivity (Wildman–Crippen MR) is 107 cm³/mol. The van der Waals surface area contributed by atoms with Gasteiger partial charge in [-0.15, -0.1) is 0 Å². The highest BCUT2D eigenvalue weighted by atomic mass is 35.5. The Balaban J connectivity index is 1.52. The summed E-state index contributed by atoms with van der Waals surface area (Å²) >= 11 is 6.08. The zero-order valence-corrected chi connectivity index (χ0v) is 16.2. The third-order valence-corrected chi connectivity index (χ3v) is 5.38. The van der Waals surface area contributed by atoms with Crippen molar-refractivity contribution in [1.82, 2.24) is 9.80 Å². The standard InChI is InChI=1S/C22H27ClN2O/c1-2-25(17-18-7-4-3-5-8-18)22(26)20-11-13-24(14-12-20)16-19-9-6-10-21(23)15-19/h3-10,15,20H,2,11-14,16-17H2,1H3. The molecule has 1 aliphatic heterocycles. The average Bonchev–Trinajstić information content (AvgIpc) is 2.67. The molecule has 0 spiro atoms. The average molecular weight is 371 g/mol. The second-order valence-corrected chi connectivity index (χ2v) is 7.45. The molecule has 1 aliphatic rings. The lowest BCUT2D eigenvalue weighted by atomic mass is 9.94. The Morgan fingerprint density at radius 2 is 1.77 bits per heavy atom. The highest BCUT2D eigenvalue weighted by Crippen LogP contribution is 2.23. The number of piperidine rings is 1. The highest BCUT2D eigenvalue weighted by molar-refractivity contribution is 6.30. The summed E-state index contributed by atoms with van der Waals surface area (Å²) in [5, 5.41) is 0.784. The topological polar surface area (TPSA) is 23.6 Å². The van der Waals surface area contributed by atoms with Crippen molar-refractivity contribution in [3.63, 3.8) is 0 Å². The SMILES string of the molecule is CCN(Cc1ccccc1)C(=O)C1CCN(Cc2cccc(Cl)c2)CC1. The first-order valence-corrected chi connectivity index (χ1v) is 9.83. The Kier molecular flexibility index (Phi) is 6.70. The number of likely N-dealkylation sites (tertiary alicyclic amines) is 1. The maximum absolute atomic E-state index is 12.9. The fourth-order valence-electron chi connectivity index (χ4n) is 3.64. The number of nitrogens with zero attached hydrogens (tertiary/aromatic N) is 2. The minimum Gasteiger partial charge on any atom is -0.338 e.